The van der Waals surface area contributed by atoms with Gasteiger partial charge in [0.2, 0.25) is 0 Å². The molecule has 1 aliphatic heterocycles. The first kappa shape index (κ1) is 15.9. The monoisotopic (exact) mass is 376 g/mol. The molecular weight excluding hydrogens is 364 g/mol. The maximum absolute atomic E-state index is 11.2. The average Bonchev–Trinajstić information content (AvgIpc) is 2.92. The minimum Gasteiger partial charge on any atom is -0.477 e. The summed E-state index contributed by atoms with van der Waals surface area (Å²) in [5.74, 6) is -1.06. The van der Waals surface area contributed by atoms with Crippen LogP contribution in [-0.4, -0.2) is 20.6 Å². The molecule has 1 aliphatic rings. The van der Waals surface area contributed by atoms with E-state index in [9.17, 15) is 9.90 Å². The molecule has 0 aliphatic carbocycles. The number of ether oxygens (including phenoxy) is 1. The third-order valence-corrected chi connectivity index (χ3v) is 5.02. The van der Waals surface area contributed by atoms with E-state index in [2.05, 4.69) is 29.2 Å². The Morgan fingerprint density at radius 1 is 1.00 bits per heavy atom. The Hall–Kier alpha value is -3.31. The molecule has 0 saturated carbocycles. The van der Waals surface area contributed by atoms with E-state index in [4.69, 9.17) is 16.3 Å². The Morgan fingerprint density at radius 2 is 1.67 bits per heavy atom. The average molecular weight is 377 g/mol. The van der Waals surface area contributed by atoms with Crippen LogP contribution in [0.15, 0.2) is 66.7 Å². The molecule has 3 aromatic carbocycles. The van der Waals surface area contributed by atoms with E-state index >= 15 is 0 Å². The van der Waals surface area contributed by atoms with Crippen LogP contribution >= 0.6 is 11.6 Å². The molecule has 0 fully saturated rings. The second kappa shape index (κ2) is 5.86. The van der Waals surface area contributed by atoms with Crippen LogP contribution in [-0.2, 0) is 4.79 Å². The number of nitrogens with zero attached hydrogens (tertiary/aromatic N) is 2. The lowest BCUT2D eigenvalue weighted by Crippen LogP contribution is -2.33. The Bertz CT molecular complexity index is 1180. The number of carbonyl (C=O) groups is 1. The first-order valence-electron chi connectivity index (χ1n) is 8.38. The predicted molar refractivity (Wildman–Crippen MR) is 103 cm³/mol. The van der Waals surface area contributed by atoms with Gasteiger partial charge in [0, 0.05) is 5.56 Å². The standard InChI is InChI=1S/C21H13ClN2O3/c22-16-11-18-17(23-21-24(18)19(27-21)20(25)26)10-15(16)14-8-6-13(7-9-14)12-4-2-1-3-5-12/h1-11,19H,(H,25,26). The fraction of sp³-hybridized carbons (Fsp3) is 0.0476. The summed E-state index contributed by atoms with van der Waals surface area (Å²) in [6, 6.07) is 22.2. The summed E-state index contributed by atoms with van der Waals surface area (Å²) in [5, 5.41) is 9.71. The van der Waals surface area contributed by atoms with Crippen LogP contribution in [0.4, 0.5) is 0 Å². The van der Waals surface area contributed by atoms with Gasteiger partial charge in [-0.3, -0.25) is 0 Å². The van der Waals surface area contributed by atoms with Crippen LogP contribution in [0.2, 0.25) is 5.02 Å². The number of benzene rings is 3. The van der Waals surface area contributed by atoms with Gasteiger partial charge in [-0.15, -0.1) is 0 Å². The third kappa shape index (κ3) is 2.47. The Morgan fingerprint density at radius 3 is 2.37 bits per heavy atom. The minimum absolute atomic E-state index is 0.296. The predicted octanol–water partition coefficient (Wildman–Crippen LogP) is 5.00. The van der Waals surface area contributed by atoms with Gasteiger partial charge in [0.15, 0.2) is 0 Å². The zero-order valence-corrected chi connectivity index (χ0v) is 14.7. The highest BCUT2D eigenvalue weighted by molar-refractivity contribution is 6.34. The number of rotatable bonds is 3. The smallest absolute Gasteiger partial charge is 0.367 e. The lowest BCUT2D eigenvalue weighted by Gasteiger charge is -2.26. The summed E-state index contributed by atoms with van der Waals surface area (Å²) in [6.45, 7) is 0. The van der Waals surface area contributed by atoms with Crippen LogP contribution in [0.3, 0.4) is 0 Å². The second-order valence-corrected chi connectivity index (χ2v) is 6.74. The van der Waals surface area contributed by atoms with Gasteiger partial charge in [-0.05, 0) is 28.8 Å². The quantitative estimate of drug-likeness (QED) is 0.546. The number of aromatic nitrogens is 2. The van der Waals surface area contributed by atoms with Crippen LogP contribution in [0.25, 0.3) is 33.3 Å². The van der Waals surface area contributed by atoms with Gasteiger partial charge in [-0.1, -0.05) is 66.2 Å². The van der Waals surface area contributed by atoms with Crippen molar-refractivity contribution in [2.75, 3.05) is 0 Å². The van der Waals surface area contributed by atoms with Crippen LogP contribution in [0, 0.1) is 0 Å². The van der Waals surface area contributed by atoms with Crippen LogP contribution in [0.1, 0.15) is 6.23 Å². The van der Waals surface area contributed by atoms with E-state index in [-0.39, 0.29) is 0 Å². The number of hydrogen-bond acceptors (Lipinski definition) is 3. The summed E-state index contributed by atoms with van der Waals surface area (Å²) >= 11 is 6.50. The van der Waals surface area contributed by atoms with Gasteiger partial charge in [-0.2, -0.15) is 4.98 Å². The molecule has 27 heavy (non-hydrogen) atoms. The molecule has 1 atom stereocenters. The second-order valence-electron chi connectivity index (χ2n) is 6.34. The van der Waals surface area contributed by atoms with E-state index in [0.717, 1.165) is 22.3 Å². The molecule has 132 valence electrons. The largest absolute Gasteiger partial charge is 0.477 e. The van der Waals surface area contributed by atoms with E-state index < -0.39 is 12.2 Å². The minimum atomic E-state index is -1.06. The lowest BCUT2D eigenvalue weighted by atomic mass is 10.00. The zero-order valence-electron chi connectivity index (χ0n) is 14.0. The molecule has 0 saturated heterocycles. The van der Waals surface area contributed by atoms with Gasteiger partial charge in [0.05, 0.1) is 16.1 Å². The van der Waals surface area contributed by atoms with Crippen molar-refractivity contribution in [3.8, 4) is 28.3 Å². The molecule has 0 amide bonds. The maximum atomic E-state index is 11.2. The normalized spacial score (nSPS) is 15.1. The number of hydrogen-bond donors (Lipinski definition) is 1. The van der Waals surface area contributed by atoms with Gasteiger partial charge >= 0.3 is 12.0 Å². The zero-order chi connectivity index (χ0) is 18.5. The van der Waals surface area contributed by atoms with Crippen molar-refractivity contribution in [1.82, 2.24) is 9.55 Å². The summed E-state index contributed by atoms with van der Waals surface area (Å²) in [4.78, 5) is 15.5. The SMILES string of the molecule is O=C(O)C1Oc2nc3cc(-c4ccc(-c5ccccc5)cc4)c(Cl)cc3n21. The van der Waals surface area contributed by atoms with E-state index in [0.29, 0.717) is 22.1 Å². The van der Waals surface area contributed by atoms with Crippen LogP contribution in [0.5, 0.6) is 6.01 Å². The number of fused-ring (bicyclic) bond motifs is 3. The van der Waals surface area contributed by atoms with E-state index in [1.807, 2.05) is 36.4 Å². The summed E-state index contributed by atoms with van der Waals surface area (Å²) in [6.07, 6.45) is -1.04. The molecule has 1 aromatic heterocycles. The molecule has 5 nitrogen and oxygen atoms in total. The number of halogens is 1. The molecule has 1 N–H and O–H groups in total. The van der Waals surface area contributed by atoms with Crippen molar-refractivity contribution in [3.05, 3.63) is 71.8 Å². The Kier molecular flexibility index (Phi) is 3.45. The molecule has 6 heteroatoms. The van der Waals surface area contributed by atoms with Crippen molar-refractivity contribution < 1.29 is 14.6 Å². The molecule has 0 radical (unpaired) electrons. The first-order valence-corrected chi connectivity index (χ1v) is 8.76. The van der Waals surface area contributed by atoms with Crippen molar-refractivity contribution in [1.29, 1.82) is 0 Å². The number of carboxylic acid groups (broad SMARTS) is 1. The summed E-state index contributed by atoms with van der Waals surface area (Å²) in [7, 11) is 0. The molecule has 0 spiro atoms. The Labute approximate surface area is 159 Å². The first-order chi connectivity index (χ1) is 13.1. The topological polar surface area (TPSA) is 64.3 Å². The van der Waals surface area contributed by atoms with Crippen molar-refractivity contribution in [2.45, 2.75) is 6.23 Å². The highest BCUT2D eigenvalue weighted by atomic mass is 35.5. The van der Waals surface area contributed by atoms with E-state index in [1.165, 1.54) is 4.57 Å². The third-order valence-electron chi connectivity index (χ3n) is 4.71. The lowest BCUT2D eigenvalue weighted by molar-refractivity contribution is -0.155. The van der Waals surface area contributed by atoms with Gasteiger partial charge in [0.25, 0.3) is 6.23 Å². The maximum Gasteiger partial charge on any atom is 0.367 e. The van der Waals surface area contributed by atoms with Crippen molar-refractivity contribution >= 4 is 28.6 Å². The van der Waals surface area contributed by atoms with E-state index in [1.54, 1.807) is 6.07 Å². The molecule has 4 aromatic rings. The van der Waals surface area contributed by atoms with Gasteiger partial charge in [0.1, 0.15) is 0 Å². The number of aliphatic carboxylic acids is 1. The molecule has 0 bridgehead atoms. The fourth-order valence-electron chi connectivity index (χ4n) is 3.36. The molecule has 1 unspecified atom stereocenters. The van der Waals surface area contributed by atoms with Crippen LogP contribution < -0.4 is 4.74 Å². The van der Waals surface area contributed by atoms with Crippen molar-refractivity contribution in [2.24, 2.45) is 0 Å². The number of carboxylic acids is 1. The summed E-state index contributed by atoms with van der Waals surface area (Å²) in [5.41, 5.74) is 5.38. The van der Waals surface area contributed by atoms with Gasteiger partial charge < -0.3 is 9.84 Å². The highest BCUT2D eigenvalue weighted by Gasteiger charge is 2.37. The fourth-order valence-corrected chi connectivity index (χ4v) is 3.63. The van der Waals surface area contributed by atoms with Crippen molar-refractivity contribution in [3.63, 3.8) is 0 Å². The summed E-state index contributed by atoms with van der Waals surface area (Å²) < 4.78 is 6.72. The Balaban J connectivity index is 1.56. The molecule has 2 heterocycles. The highest BCUT2D eigenvalue weighted by Crippen LogP contribution is 2.40. The molecule has 5 rings (SSSR count). The molecular formula is C21H13ClN2O3. The van der Waals surface area contributed by atoms with Gasteiger partial charge in [-0.25, -0.2) is 9.36 Å². The number of imidazole rings is 1.